The van der Waals surface area contributed by atoms with Crippen molar-refractivity contribution in [2.24, 2.45) is 4.99 Å². The van der Waals surface area contributed by atoms with Crippen molar-refractivity contribution in [3.8, 4) is 0 Å². The zero-order valence-corrected chi connectivity index (χ0v) is 19.0. The number of carbonyl (C=O) groups is 1. The molecule has 2 aromatic rings. The van der Waals surface area contributed by atoms with E-state index in [-0.39, 0.29) is 36.4 Å². The smallest absolute Gasteiger partial charge is 0.242 e. The number of benzene rings is 1. The molecule has 1 aliphatic rings. The maximum Gasteiger partial charge on any atom is 0.242 e. The number of aliphatic imine (C=N–C) groups is 1. The predicted octanol–water partition coefficient (Wildman–Crippen LogP) is 3.00. The number of likely N-dealkylation sites (N-methyl/N-ethyl adjacent to an activating group) is 1. The van der Waals surface area contributed by atoms with Crippen LogP contribution in [0.25, 0.3) is 0 Å². The Kier molecular flexibility index (Phi) is 8.56. The minimum absolute atomic E-state index is 0. The van der Waals surface area contributed by atoms with E-state index < -0.39 is 0 Å². The SMILES string of the molecule is CN=C(NCC(=O)N1CCc2ccccc2C1)N(C)CCc1cccs1.I. The highest BCUT2D eigenvalue weighted by Gasteiger charge is 2.20. The molecule has 1 aromatic heterocycles. The van der Waals surface area contributed by atoms with E-state index in [1.54, 1.807) is 18.4 Å². The number of hydrogen-bond acceptors (Lipinski definition) is 3. The van der Waals surface area contributed by atoms with Crippen LogP contribution >= 0.6 is 35.3 Å². The topological polar surface area (TPSA) is 47.9 Å². The quantitative estimate of drug-likeness (QED) is 0.392. The van der Waals surface area contributed by atoms with E-state index in [1.165, 1.54) is 16.0 Å². The Labute approximate surface area is 182 Å². The molecule has 0 saturated heterocycles. The summed E-state index contributed by atoms with van der Waals surface area (Å²) in [6, 6.07) is 12.6. The molecule has 7 heteroatoms. The minimum Gasteiger partial charge on any atom is -0.347 e. The summed E-state index contributed by atoms with van der Waals surface area (Å²) in [5.74, 6) is 0.875. The first-order valence-electron chi connectivity index (χ1n) is 8.96. The first-order valence-corrected chi connectivity index (χ1v) is 9.84. The summed E-state index contributed by atoms with van der Waals surface area (Å²) in [5.41, 5.74) is 2.61. The summed E-state index contributed by atoms with van der Waals surface area (Å²) in [6.07, 6.45) is 1.91. The van der Waals surface area contributed by atoms with E-state index in [9.17, 15) is 4.79 Å². The lowest BCUT2D eigenvalue weighted by atomic mass is 10.00. The molecule has 0 saturated carbocycles. The van der Waals surface area contributed by atoms with Crippen molar-refractivity contribution in [1.82, 2.24) is 15.1 Å². The number of nitrogens with one attached hydrogen (secondary N) is 1. The lowest BCUT2D eigenvalue weighted by Crippen LogP contribution is -2.46. The van der Waals surface area contributed by atoms with Crippen LogP contribution in [0.3, 0.4) is 0 Å². The first kappa shape index (κ1) is 21.7. The summed E-state index contributed by atoms with van der Waals surface area (Å²) in [7, 11) is 3.76. The van der Waals surface area contributed by atoms with E-state index in [2.05, 4.69) is 50.9 Å². The van der Waals surface area contributed by atoms with E-state index in [0.717, 1.165) is 31.9 Å². The van der Waals surface area contributed by atoms with Gasteiger partial charge in [-0.2, -0.15) is 0 Å². The van der Waals surface area contributed by atoms with E-state index in [4.69, 9.17) is 0 Å². The van der Waals surface area contributed by atoms with Gasteiger partial charge in [-0.3, -0.25) is 9.79 Å². The second kappa shape index (κ2) is 10.7. The molecular formula is C20H27IN4OS. The number of halogens is 1. The van der Waals surface area contributed by atoms with E-state index in [1.807, 2.05) is 18.0 Å². The maximum absolute atomic E-state index is 12.6. The number of rotatable bonds is 5. The van der Waals surface area contributed by atoms with Crippen molar-refractivity contribution in [1.29, 1.82) is 0 Å². The van der Waals surface area contributed by atoms with Gasteiger partial charge in [-0.05, 0) is 35.4 Å². The lowest BCUT2D eigenvalue weighted by molar-refractivity contribution is -0.130. The standard InChI is InChI=1S/C20H26N4OS.HI/c1-21-20(23(2)11-10-18-8-5-13-26-18)22-14-19(25)24-12-9-16-6-3-4-7-17(16)15-24;/h3-8,13H,9-12,14-15H2,1-2H3,(H,21,22);1H. The molecule has 146 valence electrons. The molecule has 0 fully saturated rings. The Morgan fingerprint density at radius 3 is 2.74 bits per heavy atom. The maximum atomic E-state index is 12.6. The first-order chi connectivity index (χ1) is 12.7. The van der Waals surface area contributed by atoms with Gasteiger partial charge in [0.25, 0.3) is 0 Å². The number of hydrogen-bond donors (Lipinski definition) is 1. The van der Waals surface area contributed by atoms with Gasteiger partial charge in [0.05, 0.1) is 6.54 Å². The molecule has 1 N–H and O–H groups in total. The Balaban J connectivity index is 0.00000261. The molecule has 0 spiro atoms. The van der Waals surface area contributed by atoms with Crippen molar-refractivity contribution in [2.75, 3.05) is 33.7 Å². The van der Waals surface area contributed by atoms with Crippen molar-refractivity contribution >= 4 is 47.2 Å². The van der Waals surface area contributed by atoms with E-state index >= 15 is 0 Å². The largest absolute Gasteiger partial charge is 0.347 e. The van der Waals surface area contributed by atoms with Gasteiger partial charge < -0.3 is 15.1 Å². The molecule has 0 unspecified atom stereocenters. The average Bonchev–Trinajstić information content (AvgIpc) is 3.20. The van der Waals surface area contributed by atoms with Gasteiger partial charge >= 0.3 is 0 Å². The molecule has 27 heavy (non-hydrogen) atoms. The van der Waals surface area contributed by atoms with Crippen molar-refractivity contribution in [3.05, 3.63) is 57.8 Å². The monoisotopic (exact) mass is 498 g/mol. The van der Waals surface area contributed by atoms with Crippen LogP contribution in [0.2, 0.25) is 0 Å². The summed E-state index contributed by atoms with van der Waals surface area (Å²) < 4.78 is 0. The zero-order chi connectivity index (χ0) is 18.4. The van der Waals surface area contributed by atoms with Gasteiger partial charge in [-0.15, -0.1) is 35.3 Å². The molecule has 0 atom stereocenters. The van der Waals surface area contributed by atoms with Crippen molar-refractivity contribution in [3.63, 3.8) is 0 Å². The molecule has 5 nitrogen and oxygen atoms in total. The number of carbonyl (C=O) groups excluding carboxylic acids is 1. The molecule has 1 aromatic carbocycles. The summed E-state index contributed by atoms with van der Waals surface area (Å²) in [5, 5.41) is 5.30. The number of amides is 1. The third-order valence-electron chi connectivity index (χ3n) is 4.73. The average molecular weight is 498 g/mol. The second-order valence-corrected chi connectivity index (χ2v) is 7.52. The number of guanidine groups is 1. The highest BCUT2D eigenvalue weighted by Crippen LogP contribution is 2.18. The van der Waals surface area contributed by atoms with Crippen LogP contribution < -0.4 is 5.32 Å². The third kappa shape index (κ3) is 5.93. The fourth-order valence-electron chi connectivity index (χ4n) is 3.20. The Morgan fingerprint density at radius 1 is 1.26 bits per heavy atom. The number of fused-ring (bicyclic) bond motifs is 1. The van der Waals surface area contributed by atoms with Crippen LogP contribution in [0, 0.1) is 0 Å². The van der Waals surface area contributed by atoms with Crippen LogP contribution in [0.5, 0.6) is 0 Å². The van der Waals surface area contributed by atoms with Crippen LogP contribution in [-0.4, -0.2) is 55.4 Å². The van der Waals surface area contributed by atoms with Gasteiger partial charge in [-0.1, -0.05) is 30.3 Å². The van der Waals surface area contributed by atoms with Crippen LogP contribution in [0.15, 0.2) is 46.8 Å². The molecular weight excluding hydrogens is 471 g/mol. The molecule has 0 radical (unpaired) electrons. The number of thiophene rings is 1. The fraction of sp³-hybridized carbons (Fsp3) is 0.400. The molecule has 3 rings (SSSR count). The Morgan fingerprint density at radius 2 is 2.04 bits per heavy atom. The van der Waals surface area contributed by atoms with Gasteiger partial charge in [0, 0.05) is 38.6 Å². The van der Waals surface area contributed by atoms with Gasteiger partial charge in [0.1, 0.15) is 0 Å². The highest BCUT2D eigenvalue weighted by molar-refractivity contribution is 14.0. The van der Waals surface area contributed by atoms with Gasteiger partial charge in [0.2, 0.25) is 5.91 Å². The minimum atomic E-state index is 0. The van der Waals surface area contributed by atoms with Crippen LogP contribution in [0.4, 0.5) is 0 Å². The van der Waals surface area contributed by atoms with E-state index in [0.29, 0.717) is 6.54 Å². The molecule has 0 aliphatic carbocycles. The summed E-state index contributed by atoms with van der Waals surface area (Å²) in [6.45, 7) is 2.62. The summed E-state index contributed by atoms with van der Waals surface area (Å²) in [4.78, 5) is 22.2. The molecule has 0 bridgehead atoms. The predicted molar refractivity (Wildman–Crippen MR) is 123 cm³/mol. The second-order valence-electron chi connectivity index (χ2n) is 6.49. The van der Waals surface area contributed by atoms with Gasteiger partial charge in [-0.25, -0.2) is 0 Å². The Bertz CT molecular complexity index is 763. The number of nitrogens with zero attached hydrogens (tertiary/aromatic N) is 3. The van der Waals surface area contributed by atoms with Gasteiger partial charge in [0.15, 0.2) is 5.96 Å². The molecule has 1 amide bonds. The highest BCUT2D eigenvalue weighted by atomic mass is 127. The van der Waals surface area contributed by atoms with Crippen LogP contribution in [-0.2, 0) is 24.2 Å². The fourth-order valence-corrected chi connectivity index (χ4v) is 3.90. The molecule has 1 aliphatic heterocycles. The van der Waals surface area contributed by atoms with Crippen molar-refractivity contribution < 1.29 is 4.79 Å². The van der Waals surface area contributed by atoms with Crippen molar-refractivity contribution in [2.45, 2.75) is 19.4 Å². The van der Waals surface area contributed by atoms with Crippen LogP contribution in [0.1, 0.15) is 16.0 Å². The summed E-state index contributed by atoms with van der Waals surface area (Å²) >= 11 is 1.77. The molecule has 2 heterocycles. The third-order valence-corrected chi connectivity index (χ3v) is 5.66. The lowest BCUT2D eigenvalue weighted by Gasteiger charge is -2.29. The zero-order valence-electron chi connectivity index (χ0n) is 15.9. The normalized spacial score (nSPS) is 13.6. The Hall–Kier alpha value is -1.61.